The van der Waals surface area contributed by atoms with Gasteiger partial charge in [0.05, 0.1) is 12.0 Å². The Morgan fingerprint density at radius 3 is 2.44 bits per heavy atom. The van der Waals surface area contributed by atoms with E-state index in [-0.39, 0.29) is 17.9 Å². The largest absolute Gasteiger partial charge is 0.494 e. The quantitative estimate of drug-likeness (QED) is 0.542. The van der Waals surface area contributed by atoms with Gasteiger partial charge >= 0.3 is 0 Å². The summed E-state index contributed by atoms with van der Waals surface area (Å²) in [4.78, 5) is 26.4. The minimum absolute atomic E-state index is 0.0180. The second-order valence-electron chi connectivity index (χ2n) is 7.91. The van der Waals surface area contributed by atoms with Crippen LogP contribution in [0.4, 0.5) is 0 Å². The summed E-state index contributed by atoms with van der Waals surface area (Å²) in [6, 6.07) is 8.03. The van der Waals surface area contributed by atoms with Gasteiger partial charge in [0.2, 0.25) is 11.8 Å². The van der Waals surface area contributed by atoms with Crippen LogP contribution in [0.5, 0.6) is 5.75 Å². The Labute approximate surface area is 167 Å². The van der Waals surface area contributed by atoms with Crippen molar-refractivity contribution in [2.75, 3.05) is 25.6 Å². The van der Waals surface area contributed by atoms with Crippen LogP contribution in [0.3, 0.4) is 0 Å². The van der Waals surface area contributed by atoms with E-state index in [1.807, 2.05) is 49.9 Å². The van der Waals surface area contributed by atoms with Gasteiger partial charge in [-0.25, -0.2) is 0 Å². The molecule has 2 rings (SSSR count). The Morgan fingerprint density at radius 1 is 1.22 bits per heavy atom. The summed E-state index contributed by atoms with van der Waals surface area (Å²) >= 11 is 5.85. The highest BCUT2D eigenvalue weighted by molar-refractivity contribution is 6.19. The minimum atomic E-state index is -0.564. The van der Waals surface area contributed by atoms with E-state index in [1.54, 1.807) is 0 Å². The molecule has 0 bridgehead atoms. The number of alkyl halides is 1. The number of nitrogens with zero attached hydrogens (tertiary/aromatic N) is 1. The molecule has 1 aliphatic rings. The first kappa shape index (κ1) is 21.5. The first-order valence-electron chi connectivity index (χ1n) is 9.66. The highest BCUT2D eigenvalue weighted by Crippen LogP contribution is 2.19. The number of benzene rings is 1. The van der Waals surface area contributed by atoms with E-state index in [0.29, 0.717) is 38.4 Å². The third kappa shape index (κ3) is 6.73. The highest BCUT2D eigenvalue weighted by atomic mass is 35.5. The number of nitrogens with one attached hydrogen (secondary N) is 1. The average molecular weight is 395 g/mol. The number of carbonyl (C=O) groups excluding carboxylic acids is 2. The smallest absolute Gasteiger partial charge is 0.227 e. The highest BCUT2D eigenvalue weighted by Gasteiger charge is 2.30. The van der Waals surface area contributed by atoms with Crippen LogP contribution in [-0.2, 0) is 9.59 Å². The predicted molar refractivity (Wildman–Crippen MR) is 108 cm³/mol. The standard InChI is InChI=1S/C21H31ClN2O3/c1-16-6-8-18(9-7-16)27-14-4-5-19(25)24-12-10-17(11-13-24)23-20(26)21(2,3)15-22/h6-9,17H,4-5,10-15H2,1-3H3,(H,23,26). The van der Waals surface area contributed by atoms with E-state index in [4.69, 9.17) is 16.3 Å². The van der Waals surface area contributed by atoms with Crippen molar-refractivity contribution in [1.29, 1.82) is 0 Å². The molecule has 5 nitrogen and oxygen atoms in total. The van der Waals surface area contributed by atoms with Crippen LogP contribution in [0.1, 0.15) is 45.1 Å². The summed E-state index contributed by atoms with van der Waals surface area (Å²) in [6.45, 7) is 7.62. The van der Waals surface area contributed by atoms with Crippen molar-refractivity contribution in [2.45, 2.75) is 52.5 Å². The third-order valence-corrected chi connectivity index (χ3v) is 5.62. The lowest BCUT2D eigenvalue weighted by Crippen LogP contribution is -2.49. The maximum absolute atomic E-state index is 12.4. The molecule has 1 fully saturated rings. The molecule has 0 aliphatic carbocycles. The Kier molecular flexibility index (Phi) is 7.96. The van der Waals surface area contributed by atoms with E-state index in [2.05, 4.69) is 5.32 Å². The molecule has 1 aromatic carbocycles. The van der Waals surface area contributed by atoms with E-state index in [0.717, 1.165) is 18.6 Å². The molecule has 1 aromatic rings. The molecular weight excluding hydrogens is 364 g/mol. The summed E-state index contributed by atoms with van der Waals surface area (Å²) in [5, 5.41) is 3.06. The molecule has 1 aliphatic heterocycles. The molecule has 6 heteroatoms. The van der Waals surface area contributed by atoms with Crippen LogP contribution in [0, 0.1) is 12.3 Å². The molecule has 0 atom stereocenters. The molecule has 2 amide bonds. The second kappa shape index (κ2) is 9.98. The van der Waals surface area contributed by atoms with Crippen LogP contribution in [0.25, 0.3) is 0 Å². The number of rotatable bonds is 8. The van der Waals surface area contributed by atoms with Gasteiger partial charge in [-0.2, -0.15) is 0 Å². The molecule has 0 saturated carbocycles. The first-order chi connectivity index (χ1) is 12.8. The topological polar surface area (TPSA) is 58.6 Å². The van der Waals surface area contributed by atoms with Crippen molar-refractivity contribution in [3.05, 3.63) is 29.8 Å². The number of piperidine rings is 1. The normalized spacial score (nSPS) is 15.5. The van der Waals surface area contributed by atoms with Crippen molar-refractivity contribution in [2.24, 2.45) is 5.41 Å². The predicted octanol–water partition coefficient (Wildman–Crippen LogP) is 3.53. The molecule has 0 radical (unpaired) electrons. The lowest BCUT2D eigenvalue weighted by atomic mass is 9.93. The van der Waals surface area contributed by atoms with Crippen molar-refractivity contribution in [3.63, 3.8) is 0 Å². The number of carbonyl (C=O) groups is 2. The zero-order valence-electron chi connectivity index (χ0n) is 16.6. The van der Waals surface area contributed by atoms with Crippen molar-refractivity contribution < 1.29 is 14.3 Å². The zero-order valence-corrected chi connectivity index (χ0v) is 17.3. The second-order valence-corrected chi connectivity index (χ2v) is 8.18. The van der Waals surface area contributed by atoms with Crippen molar-refractivity contribution >= 4 is 23.4 Å². The van der Waals surface area contributed by atoms with Gasteiger partial charge in [-0.3, -0.25) is 9.59 Å². The van der Waals surface area contributed by atoms with Crippen LogP contribution >= 0.6 is 11.6 Å². The Bertz CT molecular complexity index is 623. The number of ether oxygens (including phenoxy) is 1. The van der Waals surface area contributed by atoms with E-state index < -0.39 is 5.41 Å². The van der Waals surface area contributed by atoms with Crippen LogP contribution in [-0.4, -0.2) is 48.3 Å². The van der Waals surface area contributed by atoms with Crippen LogP contribution in [0.2, 0.25) is 0 Å². The van der Waals surface area contributed by atoms with E-state index in [1.165, 1.54) is 5.56 Å². The molecule has 27 heavy (non-hydrogen) atoms. The fourth-order valence-corrected chi connectivity index (χ4v) is 3.04. The minimum Gasteiger partial charge on any atom is -0.494 e. The lowest BCUT2D eigenvalue weighted by molar-refractivity contribution is -0.133. The zero-order chi connectivity index (χ0) is 19.9. The lowest BCUT2D eigenvalue weighted by Gasteiger charge is -2.34. The molecule has 1 heterocycles. The number of aryl methyl sites for hydroxylation is 1. The Morgan fingerprint density at radius 2 is 1.85 bits per heavy atom. The summed E-state index contributed by atoms with van der Waals surface area (Å²) in [5.41, 5.74) is 0.634. The average Bonchev–Trinajstić information content (AvgIpc) is 2.67. The number of hydrogen-bond donors (Lipinski definition) is 1. The van der Waals surface area contributed by atoms with Crippen molar-refractivity contribution in [3.8, 4) is 5.75 Å². The van der Waals surface area contributed by atoms with Crippen molar-refractivity contribution in [1.82, 2.24) is 10.2 Å². The fraction of sp³-hybridized carbons (Fsp3) is 0.619. The Hall–Kier alpha value is -1.75. The molecule has 1 N–H and O–H groups in total. The Balaban J connectivity index is 1.64. The maximum Gasteiger partial charge on any atom is 0.227 e. The maximum atomic E-state index is 12.4. The summed E-state index contributed by atoms with van der Waals surface area (Å²) in [5.74, 6) is 1.27. The molecule has 150 valence electrons. The van der Waals surface area contributed by atoms with Gasteiger partial charge in [0.25, 0.3) is 0 Å². The summed E-state index contributed by atoms with van der Waals surface area (Å²) < 4.78 is 5.67. The van der Waals surface area contributed by atoms with Crippen LogP contribution < -0.4 is 10.1 Å². The van der Waals surface area contributed by atoms with Crippen LogP contribution in [0.15, 0.2) is 24.3 Å². The molecule has 0 aromatic heterocycles. The number of amides is 2. The van der Waals surface area contributed by atoms with Gasteiger partial charge in [-0.1, -0.05) is 17.7 Å². The fourth-order valence-electron chi connectivity index (χ4n) is 2.92. The third-order valence-electron chi connectivity index (χ3n) is 4.96. The van der Waals surface area contributed by atoms with E-state index >= 15 is 0 Å². The number of hydrogen-bond acceptors (Lipinski definition) is 3. The molecule has 1 saturated heterocycles. The van der Waals surface area contributed by atoms with Gasteiger partial charge in [-0.15, -0.1) is 11.6 Å². The monoisotopic (exact) mass is 394 g/mol. The molecular formula is C21H31ClN2O3. The summed E-state index contributed by atoms with van der Waals surface area (Å²) in [6.07, 6.45) is 2.76. The van der Waals surface area contributed by atoms with Gasteiger partial charge in [-0.05, 0) is 52.2 Å². The molecule has 0 spiro atoms. The number of halogens is 1. The van der Waals surface area contributed by atoms with Gasteiger partial charge in [0.15, 0.2) is 0 Å². The SMILES string of the molecule is Cc1ccc(OCCCC(=O)N2CCC(NC(=O)C(C)(C)CCl)CC2)cc1. The number of likely N-dealkylation sites (tertiary alicyclic amines) is 1. The molecule has 0 unspecified atom stereocenters. The van der Waals surface area contributed by atoms with Gasteiger partial charge in [0.1, 0.15) is 5.75 Å². The summed E-state index contributed by atoms with van der Waals surface area (Å²) in [7, 11) is 0. The van der Waals surface area contributed by atoms with Gasteiger partial charge in [0, 0.05) is 31.4 Å². The first-order valence-corrected chi connectivity index (χ1v) is 10.2. The van der Waals surface area contributed by atoms with Gasteiger partial charge < -0.3 is 15.0 Å². The van der Waals surface area contributed by atoms with E-state index in [9.17, 15) is 9.59 Å².